The van der Waals surface area contributed by atoms with Gasteiger partial charge in [0.25, 0.3) is 5.91 Å². The highest BCUT2D eigenvalue weighted by molar-refractivity contribution is 6.03. The average molecular weight is 493 g/mol. The number of rotatable bonds is 4. The molecular weight excluding hydrogens is 463 g/mol. The van der Waals surface area contributed by atoms with Crippen LogP contribution in [0.15, 0.2) is 34.9 Å². The van der Waals surface area contributed by atoms with Crippen LogP contribution in [0, 0.1) is 19.7 Å². The zero-order valence-corrected chi connectivity index (χ0v) is 21.1. The fourth-order valence-electron chi connectivity index (χ4n) is 4.24. The van der Waals surface area contributed by atoms with Crippen LogP contribution in [0.5, 0.6) is 0 Å². The molecule has 9 nitrogen and oxygen atoms in total. The van der Waals surface area contributed by atoms with E-state index in [4.69, 9.17) is 9.15 Å². The maximum atomic E-state index is 14.9. The molecule has 0 unspecified atom stereocenters. The molecule has 0 atom stereocenters. The van der Waals surface area contributed by atoms with Crippen LogP contribution in [-0.2, 0) is 10.2 Å². The number of aromatic nitrogens is 4. The van der Waals surface area contributed by atoms with Crippen molar-refractivity contribution in [2.75, 3.05) is 36.5 Å². The fourth-order valence-corrected chi connectivity index (χ4v) is 4.24. The Morgan fingerprint density at radius 3 is 2.53 bits per heavy atom. The first kappa shape index (κ1) is 23.9. The van der Waals surface area contributed by atoms with Crippen LogP contribution < -0.4 is 10.2 Å². The molecular formula is C26H29FN6O3. The van der Waals surface area contributed by atoms with E-state index < -0.39 is 11.7 Å². The molecule has 0 bridgehead atoms. The van der Waals surface area contributed by atoms with E-state index >= 15 is 0 Å². The minimum absolute atomic E-state index is 0.0614. The van der Waals surface area contributed by atoms with Crippen LogP contribution in [0.3, 0.4) is 0 Å². The third-order valence-electron chi connectivity index (χ3n) is 6.11. The van der Waals surface area contributed by atoms with Gasteiger partial charge < -0.3 is 19.4 Å². The number of hydrogen-bond acceptors (Lipinski definition) is 7. The van der Waals surface area contributed by atoms with Crippen molar-refractivity contribution in [1.82, 2.24) is 19.6 Å². The molecule has 1 aliphatic rings. The lowest BCUT2D eigenvalue weighted by Gasteiger charge is -2.29. The molecule has 1 aliphatic heterocycles. The number of pyridine rings is 1. The highest BCUT2D eigenvalue weighted by atomic mass is 19.1. The molecule has 1 fully saturated rings. The molecule has 0 spiro atoms. The second kappa shape index (κ2) is 9.02. The summed E-state index contributed by atoms with van der Waals surface area (Å²) in [6.45, 7) is 12.2. The standard InChI is InChI=1S/C26H29FN6O3/c1-15-10-19(27)20(29-24(34)21-14-36-25(30-21)26(3,4)5)13-18(15)17-11-22-28-16(2)31-33(22)23(12-17)32-6-8-35-9-7-32/h10-14H,6-9H2,1-5H3,(H,29,34). The van der Waals surface area contributed by atoms with Crippen molar-refractivity contribution >= 4 is 23.1 Å². The molecule has 36 heavy (non-hydrogen) atoms. The van der Waals surface area contributed by atoms with Gasteiger partial charge in [0.1, 0.15) is 23.7 Å². The van der Waals surface area contributed by atoms with Crippen molar-refractivity contribution in [3.05, 3.63) is 59.3 Å². The Bertz CT molecular complexity index is 1450. The minimum atomic E-state index is -0.541. The van der Waals surface area contributed by atoms with Crippen molar-refractivity contribution in [2.45, 2.75) is 40.0 Å². The normalized spacial score (nSPS) is 14.4. The van der Waals surface area contributed by atoms with E-state index in [1.54, 1.807) is 6.07 Å². The summed E-state index contributed by atoms with van der Waals surface area (Å²) in [5.74, 6) is 0.911. The zero-order chi connectivity index (χ0) is 25.6. The fraction of sp³-hybridized carbons (Fsp3) is 0.385. The number of morpholine rings is 1. The van der Waals surface area contributed by atoms with E-state index in [0.717, 1.165) is 35.6 Å². The summed E-state index contributed by atoms with van der Waals surface area (Å²) >= 11 is 0. The predicted molar refractivity (Wildman–Crippen MR) is 134 cm³/mol. The molecule has 1 amide bonds. The molecule has 1 saturated heterocycles. The predicted octanol–water partition coefficient (Wildman–Crippen LogP) is 4.53. The molecule has 0 aliphatic carbocycles. The Kier molecular flexibility index (Phi) is 5.99. The largest absolute Gasteiger partial charge is 0.448 e. The number of benzene rings is 1. The van der Waals surface area contributed by atoms with Crippen LogP contribution in [-0.4, -0.2) is 51.8 Å². The number of anilines is 2. The lowest BCUT2D eigenvalue weighted by Crippen LogP contribution is -2.37. The summed E-state index contributed by atoms with van der Waals surface area (Å²) in [5.41, 5.74) is 2.86. The first-order chi connectivity index (χ1) is 17.1. The van der Waals surface area contributed by atoms with Gasteiger partial charge in [-0.1, -0.05) is 20.8 Å². The Balaban J connectivity index is 1.53. The Morgan fingerprint density at radius 1 is 1.08 bits per heavy atom. The second-order valence-electron chi connectivity index (χ2n) is 10.0. The third-order valence-corrected chi connectivity index (χ3v) is 6.11. The maximum Gasteiger partial charge on any atom is 0.277 e. The number of nitrogens with one attached hydrogen (secondary N) is 1. The van der Waals surface area contributed by atoms with E-state index in [1.807, 2.05) is 51.3 Å². The van der Waals surface area contributed by atoms with Gasteiger partial charge in [0.2, 0.25) is 0 Å². The summed E-state index contributed by atoms with van der Waals surface area (Å²) in [7, 11) is 0. The maximum absolute atomic E-state index is 14.9. The van der Waals surface area contributed by atoms with Crippen molar-refractivity contribution in [3.8, 4) is 11.1 Å². The molecule has 188 valence electrons. The smallest absolute Gasteiger partial charge is 0.277 e. The Hall–Kier alpha value is -3.79. The van der Waals surface area contributed by atoms with E-state index in [0.29, 0.717) is 30.6 Å². The van der Waals surface area contributed by atoms with Crippen molar-refractivity contribution < 1.29 is 18.3 Å². The lowest BCUT2D eigenvalue weighted by molar-refractivity contribution is 0.102. The number of fused-ring (bicyclic) bond motifs is 1. The molecule has 10 heteroatoms. The first-order valence-corrected chi connectivity index (χ1v) is 11.9. The molecule has 1 aromatic carbocycles. The molecule has 5 rings (SSSR count). The van der Waals surface area contributed by atoms with Gasteiger partial charge in [0.15, 0.2) is 17.2 Å². The topological polar surface area (TPSA) is 97.8 Å². The van der Waals surface area contributed by atoms with E-state index in [1.165, 1.54) is 12.3 Å². The summed E-state index contributed by atoms with van der Waals surface area (Å²) in [5, 5.41) is 7.21. The number of hydrogen-bond donors (Lipinski definition) is 1. The van der Waals surface area contributed by atoms with Crippen molar-refractivity contribution in [1.29, 1.82) is 0 Å². The minimum Gasteiger partial charge on any atom is -0.448 e. The first-order valence-electron chi connectivity index (χ1n) is 11.9. The average Bonchev–Trinajstić information content (AvgIpc) is 3.47. The molecule has 0 radical (unpaired) electrons. The zero-order valence-electron chi connectivity index (χ0n) is 21.1. The van der Waals surface area contributed by atoms with Gasteiger partial charge in [-0.3, -0.25) is 4.79 Å². The van der Waals surface area contributed by atoms with E-state index in [9.17, 15) is 9.18 Å². The van der Waals surface area contributed by atoms with Gasteiger partial charge in [-0.15, -0.1) is 5.10 Å². The van der Waals surface area contributed by atoms with Crippen LogP contribution in [0.4, 0.5) is 15.9 Å². The molecule has 4 aromatic rings. The van der Waals surface area contributed by atoms with Gasteiger partial charge in [-0.25, -0.2) is 14.4 Å². The van der Waals surface area contributed by atoms with Gasteiger partial charge in [-0.05, 0) is 54.8 Å². The Morgan fingerprint density at radius 2 is 1.83 bits per heavy atom. The van der Waals surface area contributed by atoms with Crippen molar-refractivity contribution in [2.24, 2.45) is 0 Å². The summed E-state index contributed by atoms with van der Waals surface area (Å²) in [6.07, 6.45) is 1.29. The van der Waals surface area contributed by atoms with Crippen LogP contribution in [0.25, 0.3) is 16.8 Å². The van der Waals surface area contributed by atoms with Crippen LogP contribution in [0.1, 0.15) is 48.5 Å². The van der Waals surface area contributed by atoms with Crippen molar-refractivity contribution in [3.63, 3.8) is 0 Å². The highest BCUT2D eigenvalue weighted by Gasteiger charge is 2.24. The molecule has 4 heterocycles. The number of carbonyl (C=O) groups excluding carboxylic acids is 1. The van der Waals surface area contributed by atoms with Gasteiger partial charge >= 0.3 is 0 Å². The van der Waals surface area contributed by atoms with E-state index in [2.05, 4.69) is 25.3 Å². The van der Waals surface area contributed by atoms with Gasteiger partial charge in [-0.2, -0.15) is 4.52 Å². The number of amides is 1. The Labute approximate surface area is 208 Å². The van der Waals surface area contributed by atoms with E-state index in [-0.39, 0.29) is 16.8 Å². The van der Waals surface area contributed by atoms with Crippen LogP contribution >= 0.6 is 0 Å². The quantitative estimate of drug-likeness (QED) is 0.447. The van der Waals surface area contributed by atoms with Gasteiger partial charge in [0.05, 0.1) is 18.9 Å². The van der Waals surface area contributed by atoms with Crippen LogP contribution in [0.2, 0.25) is 0 Å². The lowest BCUT2D eigenvalue weighted by atomic mass is 9.97. The number of oxazole rings is 1. The molecule has 3 aromatic heterocycles. The SMILES string of the molecule is Cc1nc2cc(-c3cc(NC(=O)c4coc(C(C)(C)C)n4)c(F)cc3C)cc(N3CCOCC3)n2n1. The number of ether oxygens (including phenoxy) is 1. The summed E-state index contributed by atoms with van der Waals surface area (Å²) in [4.78, 5) is 23.9. The second-order valence-corrected chi connectivity index (χ2v) is 10.0. The third kappa shape index (κ3) is 4.56. The number of nitrogens with zero attached hydrogens (tertiary/aromatic N) is 5. The molecule has 1 N–H and O–H groups in total. The number of halogens is 1. The molecule has 0 saturated carbocycles. The number of aryl methyl sites for hydroxylation is 2. The summed E-state index contributed by atoms with van der Waals surface area (Å²) < 4.78 is 27.7. The number of carbonyl (C=O) groups is 1. The monoisotopic (exact) mass is 492 g/mol. The van der Waals surface area contributed by atoms with Gasteiger partial charge in [0, 0.05) is 18.5 Å². The summed E-state index contributed by atoms with van der Waals surface area (Å²) in [6, 6.07) is 7.00. The highest BCUT2D eigenvalue weighted by Crippen LogP contribution is 2.33.